The Hall–Kier alpha value is -0.870. The van der Waals surface area contributed by atoms with Crippen LogP contribution in [0.4, 0.5) is 5.69 Å². The van der Waals surface area contributed by atoms with Crippen molar-refractivity contribution in [3.63, 3.8) is 0 Å². The minimum Gasteiger partial charge on any atom is -0.260 e. The maximum atomic E-state index is 6.22. The Balaban J connectivity index is 3.04. The first-order valence-corrected chi connectivity index (χ1v) is 6.76. The molecule has 0 aromatic carbocycles. The average molecular weight is 290 g/mol. The van der Waals surface area contributed by atoms with E-state index in [9.17, 15) is 0 Å². The number of hydrogen-bond acceptors (Lipinski definition) is 3. The SMILES string of the molecule is CCCC(CC)=NN(C)c1cnc(Cl)[n+](C)c1Cl. The van der Waals surface area contributed by atoms with Gasteiger partial charge in [0, 0.05) is 24.4 Å². The van der Waals surface area contributed by atoms with Crippen LogP contribution in [0.25, 0.3) is 0 Å². The molecular weight excluding hydrogens is 271 g/mol. The highest BCUT2D eigenvalue weighted by Crippen LogP contribution is 2.21. The second-order valence-corrected chi connectivity index (χ2v) is 4.75. The van der Waals surface area contributed by atoms with Crippen molar-refractivity contribution in [3.05, 3.63) is 16.6 Å². The summed E-state index contributed by atoms with van der Waals surface area (Å²) in [5.41, 5.74) is 1.89. The Labute approximate surface area is 118 Å². The minimum atomic E-state index is 0.352. The molecule has 0 saturated carbocycles. The van der Waals surface area contributed by atoms with Gasteiger partial charge in [-0.2, -0.15) is 5.10 Å². The van der Waals surface area contributed by atoms with Gasteiger partial charge in [0.1, 0.15) is 0 Å². The molecule has 1 aromatic rings. The lowest BCUT2D eigenvalue weighted by Crippen LogP contribution is -2.34. The number of hydrogen-bond donors (Lipinski definition) is 0. The molecule has 1 aromatic heterocycles. The number of hydrazone groups is 1. The van der Waals surface area contributed by atoms with Crippen LogP contribution in [0, 0.1) is 0 Å². The predicted molar refractivity (Wildman–Crippen MR) is 76.5 cm³/mol. The van der Waals surface area contributed by atoms with Crippen LogP contribution in [0.15, 0.2) is 11.3 Å². The van der Waals surface area contributed by atoms with Crippen molar-refractivity contribution in [3.8, 4) is 0 Å². The first-order chi connectivity index (χ1) is 8.51. The fourth-order valence-electron chi connectivity index (χ4n) is 1.58. The van der Waals surface area contributed by atoms with E-state index in [1.165, 1.54) is 0 Å². The average Bonchev–Trinajstić information content (AvgIpc) is 2.35. The molecule has 6 heteroatoms. The topological polar surface area (TPSA) is 32.4 Å². The maximum Gasteiger partial charge on any atom is 0.397 e. The van der Waals surface area contributed by atoms with Gasteiger partial charge >= 0.3 is 5.28 Å². The number of halogens is 2. The molecule has 0 aliphatic heterocycles. The molecule has 0 radical (unpaired) electrons. The zero-order chi connectivity index (χ0) is 13.7. The molecule has 0 fully saturated rings. The van der Waals surface area contributed by atoms with Crippen LogP contribution >= 0.6 is 23.2 Å². The molecule has 0 N–H and O–H groups in total. The van der Waals surface area contributed by atoms with E-state index in [1.807, 2.05) is 7.05 Å². The summed E-state index contributed by atoms with van der Waals surface area (Å²) < 4.78 is 1.62. The minimum absolute atomic E-state index is 0.352. The first-order valence-electron chi connectivity index (χ1n) is 6.01. The maximum absolute atomic E-state index is 6.22. The van der Waals surface area contributed by atoms with Gasteiger partial charge in [0.25, 0.3) is 0 Å². The molecule has 4 nitrogen and oxygen atoms in total. The molecule has 0 aliphatic rings. The van der Waals surface area contributed by atoms with E-state index >= 15 is 0 Å². The summed E-state index contributed by atoms with van der Waals surface area (Å²) in [5.74, 6) is 0. The van der Waals surface area contributed by atoms with Gasteiger partial charge in [-0.25, -0.2) is 4.57 Å². The van der Waals surface area contributed by atoms with E-state index in [4.69, 9.17) is 23.2 Å². The molecule has 100 valence electrons. The van der Waals surface area contributed by atoms with E-state index in [0.29, 0.717) is 10.4 Å². The fraction of sp³-hybridized carbons (Fsp3) is 0.583. The van der Waals surface area contributed by atoms with Crippen LogP contribution < -0.4 is 9.58 Å². The fourth-order valence-corrected chi connectivity index (χ4v) is 2.00. The van der Waals surface area contributed by atoms with Gasteiger partial charge in [-0.05, 0) is 29.4 Å². The van der Waals surface area contributed by atoms with Crippen molar-refractivity contribution in [2.24, 2.45) is 12.1 Å². The van der Waals surface area contributed by atoms with Gasteiger partial charge in [0.15, 0.2) is 11.9 Å². The smallest absolute Gasteiger partial charge is 0.260 e. The highest BCUT2D eigenvalue weighted by molar-refractivity contribution is 6.32. The molecule has 0 atom stereocenters. The Morgan fingerprint density at radius 3 is 2.67 bits per heavy atom. The van der Waals surface area contributed by atoms with Crippen LogP contribution in [0.2, 0.25) is 10.4 Å². The molecule has 0 saturated heterocycles. The molecule has 18 heavy (non-hydrogen) atoms. The lowest BCUT2D eigenvalue weighted by atomic mass is 10.2. The molecule has 0 bridgehead atoms. The highest BCUT2D eigenvalue weighted by atomic mass is 35.5. The van der Waals surface area contributed by atoms with Crippen LogP contribution in [-0.2, 0) is 7.05 Å². The Kier molecular flexibility index (Phi) is 5.82. The third-order valence-electron chi connectivity index (χ3n) is 2.66. The number of nitrogens with zero attached hydrogens (tertiary/aromatic N) is 4. The lowest BCUT2D eigenvalue weighted by molar-refractivity contribution is -0.669. The zero-order valence-corrected chi connectivity index (χ0v) is 12.8. The highest BCUT2D eigenvalue weighted by Gasteiger charge is 2.18. The predicted octanol–water partition coefficient (Wildman–Crippen LogP) is 3.22. The second kappa shape index (κ2) is 6.90. The van der Waals surface area contributed by atoms with Crippen molar-refractivity contribution in [1.29, 1.82) is 0 Å². The summed E-state index contributed by atoms with van der Waals surface area (Å²) in [5, 5.41) is 7.18. The van der Waals surface area contributed by atoms with Gasteiger partial charge in [0.2, 0.25) is 5.15 Å². The molecule has 1 rings (SSSR count). The van der Waals surface area contributed by atoms with Crippen molar-refractivity contribution >= 4 is 34.6 Å². The quantitative estimate of drug-likeness (QED) is 0.274. The molecular formula is C12H19Cl2N4+. The monoisotopic (exact) mass is 289 g/mol. The summed E-state index contributed by atoms with van der Waals surface area (Å²) in [6.45, 7) is 4.24. The summed E-state index contributed by atoms with van der Waals surface area (Å²) in [4.78, 5) is 4.07. The van der Waals surface area contributed by atoms with E-state index in [-0.39, 0.29) is 0 Å². The molecule has 0 spiro atoms. The van der Waals surface area contributed by atoms with Crippen molar-refractivity contribution < 1.29 is 4.57 Å². The van der Waals surface area contributed by atoms with Crippen LogP contribution in [0.1, 0.15) is 33.1 Å². The van der Waals surface area contributed by atoms with Crippen molar-refractivity contribution in [1.82, 2.24) is 4.98 Å². The molecule has 1 heterocycles. The standard InChI is InChI=1S/C12H19Cl2N4/c1-5-7-9(6-2)16-18(4)10-8-15-12(14)17(3)11(10)13/h8H,5-7H2,1-4H3/q+1. The van der Waals surface area contributed by atoms with E-state index in [2.05, 4.69) is 23.9 Å². The summed E-state index contributed by atoms with van der Waals surface area (Å²) >= 11 is 12.1. The number of rotatable bonds is 5. The van der Waals surface area contributed by atoms with Gasteiger partial charge in [0.05, 0.1) is 7.05 Å². The summed E-state index contributed by atoms with van der Waals surface area (Å²) in [6, 6.07) is 0. The summed E-state index contributed by atoms with van der Waals surface area (Å²) in [6.07, 6.45) is 4.64. The Morgan fingerprint density at radius 1 is 1.44 bits per heavy atom. The van der Waals surface area contributed by atoms with E-state index < -0.39 is 0 Å². The van der Waals surface area contributed by atoms with Crippen molar-refractivity contribution in [2.75, 3.05) is 12.1 Å². The number of aromatic nitrogens is 2. The largest absolute Gasteiger partial charge is 0.397 e. The van der Waals surface area contributed by atoms with Crippen LogP contribution in [-0.4, -0.2) is 17.7 Å². The van der Waals surface area contributed by atoms with Gasteiger partial charge in [-0.15, -0.1) is 0 Å². The van der Waals surface area contributed by atoms with Gasteiger partial charge in [-0.1, -0.05) is 20.3 Å². The molecule has 0 amide bonds. The summed E-state index contributed by atoms with van der Waals surface area (Å²) in [7, 11) is 3.63. The van der Waals surface area contributed by atoms with Gasteiger partial charge in [-0.3, -0.25) is 5.01 Å². The first kappa shape index (κ1) is 15.2. The van der Waals surface area contributed by atoms with Crippen LogP contribution in [0.3, 0.4) is 0 Å². The second-order valence-electron chi connectivity index (χ2n) is 4.06. The zero-order valence-electron chi connectivity index (χ0n) is 11.2. The molecule has 0 aliphatic carbocycles. The number of anilines is 1. The van der Waals surface area contributed by atoms with Crippen molar-refractivity contribution in [2.45, 2.75) is 33.1 Å². The van der Waals surface area contributed by atoms with E-state index in [0.717, 1.165) is 30.7 Å². The van der Waals surface area contributed by atoms with Gasteiger partial charge < -0.3 is 0 Å². The normalized spacial score (nSPS) is 11.8. The third-order valence-corrected chi connectivity index (χ3v) is 3.46. The Morgan fingerprint density at radius 2 is 2.11 bits per heavy atom. The molecule has 0 unspecified atom stereocenters. The van der Waals surface area contributed by atoms with E-state index in [1.54, 1.807) is 22.8 Å². The Bertz CT molecular complexity index is 446. The third kappa shape index (κ3) is 3.56. The van der Waals surface area contributed by atoms with Crippen LogP contribution in [0.5, 0.6) is 0 Å². The lowest BCUT2D eigenvalue weighted by Gasteiger charge is -2.14.